The molecule has 0 aliphatic heterocycles. The molecule has 0 saturated heterocycles. The Bertz CT molecular complexity index is 423. The van der Waals surface area contributed by atoms with Crippen molar-refractivity contribution in [3.8, 4) is 0 Å². The second kappa shape index (κ2) is 6.56. The largest absolute Gasteiger partial charge is 0.373 e. The molecule has 0 bridgehead atoms. The van der Waals surface area contributed by atoms with Crippen LogP contribution in [0, 0.1) is 0 Å². The van der Waals surface area contributed by atoms with Crippen LogP contribution in [-0.2, 0) is 0 Å². The Kier molecular flexibility index (Phi) is 5.37. The lowest BCUT2D eigenvalue weighted by molar-refractivity contribution is 0.0934. The highest BCUT2D eigenvalue weighted by Gasteiger charge is 2.12. The van der Waals surface area contributed by atoms with Crippen molar-refractivity contribution in [3.05, 3.63) is 22.8 Å². The highest BCUT2D eigenvalue weighted by Crippen LogP contribution is 2.14. The Morgan fingerprint density at radius 1 is 1.50 bits per heavy atom. The van der Waals surface area contributed by atoms with E-state index in [-0.39, 0.29) is 11.9 Å². The second-order valence-electron chi connectivity index (χ2n) is 4.45. The van der Waals surface area contributed by atoms with Gasteiger partial charge >= 0.3 is 0 Å². The standard InChI is InChI=1S/C12H19ClN4O/c1-8(7-17(3)4)15-12(18)9-5-10(13)16-11(6-9)14-2/h5-6,8H,7H2,1-4H3,(H,14,16)(H,15,18). The molecule has 1 amide bonds. The highest BCUT2D eigenvalue weighted by molar-refractivity contribution is 6.29. The van der Waals surface area contributed by atoms with Gasteiger partial charge in [-0.15, -0.1) is 0 Å². The van der Waals surface area contributed by atoms with Crippen LogP contribution >= 0.6 is 11.6 Å². The van der Waals surface area contributed by atoms with Crippen LogP contribution in [0.1, 0.15) is 17.3 Å². The summed E-state index contributed by atoms with van der Waals surface area (Å²) in [6.07, 6.45) is 0. The first-order valence-electron chi connectivity index (χ1n) is 5.73. The minimum absolute atomic E-state index is 0.0671. The van der Waals surface area contributed by atoms with Gasteiger partial charge in [-0.3, -0.25) is 4.79 Å². The Labute approximate surface area is 113 Å². The van der Waals surface area contributed by atoms with Crippen LogP contribution in [0.5, 0.6) is 0 Å². The van der Waals surface area contributed by atoms with Crippen LogP contribution in [0.2, 0.25) is 5.15 Å². The molecule has 100 valence electrons. The molecular formula is C12H19ClN4O. The molecule has 1 rings (SSSR count). The molecule has 6 heteroatoms. The fourth-order valence-corrected chi connectivity index (χ4v) is 1.87. The molecule has 1 aromatic heterocycles. The van der Waals surface area contributed by atoms with E-state index >= 15 is 0 Å². The van der Waals surface area contributed by atoms with Crippen molar-refractivity contribution in [2.45, 2.75) is 13.0 Å². The van der Waals surface area contributed by atoms with Crippen molar-refractivity contribution >= 4 is 23.3 Å². The number of anilines is 1. The van der Waals surface area contributed by atoms with Crippen molar-refractivity contribution < 1.29 is 4.79 Å². The Balaban J connectivity index is 2.74. The molecule has 0 saturated carbocycles. The maximum Gasteiger partial charge on any atom is 0.251 e. The number of aromatic nitrogens is 1. The fraction of sp³-hybridized carbons (Fsp3) is 0.500. The molecule has 18 heavy (non-hydrogen) atoms. The van der Waals surface area contributed by atoms with E-state index in [0.717, 1.165) is 6.54 Å². The van der Waals surface area contributed by atoms with Crippen molar-refractivity contribution in [2.24, 2.45) is 0 Å². The molecule has 0 fully saturated rings. The summed E-state index contributed by atoms with van der Waals surface area (Å²) in [6.45, 7) is 2.74. The zero-order chi connectivity index (χ0) is 13.7. The number of carbonyl (C=O) groups is 1. The van der Waals surface area contributed by atoms with E-state index in [1.54, 1.807) is 19.2 Å². The Morgan fingerprint density at radius 3 is 2.72 bits per heavy atom. The summed E-state index contributed by atoms with van der Waals surface area (Å²) >= 11 is 5.85. The van der Waals surface area contributed by atoms with E-state index in [0.29, 0.717) is 16.5 Å². The van der Waals surface area contributed by atoms with E-state index < -0.39 is 0 Å². The number of halogens is 1. The van der Waals surface area contributed by atoms with E-state index in [1.807, 2.05) is 25.9 Å². The zero-order valence-electron chi connectivity index (χ0n) is 11.1. The Morgan fingerprint density at radius 2 is 2.17 bits per heavy atom. The predicted octanol–water partition coefficient (Wildman–Crippen LogP) is 1.46. The van der Waals surface area contributed by atoms with Crippen molar-refractivity contribution in [3.63, 3.8) is 0 Å². The van der Waals surface area contributed by atoms with Gasteiger partial charge in [0, 0.05) is 25.2 Å². The van der Waals surface area contributed by atoms with E-state index in [9.17, 15) is 4.79 Å². The number of hydrogen-bond acceptors (Lipinski definition) is 4. The minimum atomic E-state index is -0.148. The first-order valence-corrected chi connectivity index (χ1v) is 6.11. The third-order valence-electron chi connectivity index (χ3n) is 2.33. The molecule has 0 aliphatic carbocycles. The van der Waals surface area contributed by atoms with Crippen LogP contribution in [0.15, 0.2) is 12.1 Å². The number of rotatable bonds is 5. The average Bonchev–Trinajstić information content (AvgIpc) is 2.26. The molecule has 2 N–H and O–H groups in total. The van der Waals surface area contributed by atoms with Crippen LogP contribution in [0.25, 0.3) is 0 Å². The molecule has 0 aromatic carbocycles. The van der Waals surface area contributed by atoms with Crippen LogP contribution in [0.4, 0.5) is 5.82 Å². The minimum Gasteiger partial charge on any atom is -0.373 e. The lowest BCUT2D eigenvalue weighted by Gasteiger charge is -2.18. The first kappa shape index (κ1) is 14.7. The first-order chi connectivity index (χ1) is 8.42. The maximum absolute atomic E-state index is 12.0. The van der Waals surface area contributed by atoms with E-state index in [1.165, 1.54) is 0 Å². The summed E-state index contributed by atoms with van der Waals surface area (Å²) < 4.78 is 0. The van der Waals surface area contributed by atoms with Crippen molar-refractivity contribution in [1.29, 1.82) is 0 Å². The summed E-state index contributed by atoms with van der Waals surface area (Å²) in [7, 11) is 5.66. The molecule has 1 atom stereocenters. The normalized spacial score (nSPS) is 12.3. The molecule has 0 radical (unpaired) electrons. The highest BCUT2D eigenvalue weighted by atomic mass is 35.5. The number of likely N-dealkylation sites (N-methyl/N-ethyl adjacent to an activating group) is 1. The van der Waals surface area contributed by atoms with Gasteiger partial charge in [-0.05, 0) is 33.2 Å². The molecule has 0 aliphatic rings. The Hall–Kier alpha value is -1.33. The SMILES string of the molecule is CNc1cc(C(=O)NC(C)CN(C)C)cc(Cl)n1. The molecule has 1 aromatic rings. The molecule has 1 heterocycles. The molecule has 0 spiro atoms. The molecule has 5 nitrogen and oxygen atoms in total. The second-order valence-corrected chi connectivity index (χ2v) is 4.84. The van der Waals surface area contributed by atoms with E-state index in [2.05, 4.69) is 15.6 Å². The summed E-state index contributed by atoms with van der Waals surface area (Å²) in [6, 6.07) is 3.29. The summed E-state index contributed by atoms with van der Waals surface area (Å²) in [5, 5.41) is 6.07. The summed E-state index contributed by atoms with van der Waals surface area (Å²) in [5.41, 5.74) is 0.505. The third-order valence-corrected chi connectivity index (χ3v) is 2.52. The van der Waals surface area contributed by atoms with Crippen LogP contribution in [0.3, 0.4) is 0 Å². The number of amides is 1. The number of hydrogen-bond donors (Lipinski definition) is 2. The monoisotopic (exact) mass is 270 g/mol. The summed E-state index contributed by atoms with van der Waals surface area (Å²) in [4.78, 5) is 18.1. The third kappa shape index (κ3) is 4.50. The maximum atomic E-state index is 12.0. The van der Waals surface area contributed by atoms with Gasteiger partial charge < -0.3 is 15.5 Å². The van der Waals surface area contributed by atoms with Gasteiger partial charge in [-0.2, -0.15) is 0 Å². The van der Waals surface area contributed by atoms with Crippen molar-refractivity contribution in [1.82, 2.24) is 15.2 Å². The molecular weight excluding hydrogens is 252 g/mol. The van der Waals surface area contributed by atoms with Gasteiger partial charge in [0.15, 0.2) is 0 Å². The van der Waals surface area contributed by atoms with Crippen LogP contribution < -0.4 is 10.6 Å². The average molecular weight is 271 g/mol. The predicted molar refractivity (Wildman–Crippen MR) is 74.3 cm³/mol. The van der Waals surface area contributed by atoms with E-state index in [4.69, 9.17) is 11.6 Å². The summed E-state index contributed by atoms with van der Waals surface area (Å²) in [5.74, 6) is 0.429. The fourth-order valence-electron chi connectivity index (χ4n) is 1.66. The van der Waals surface area contributed by atoms with Gasteiger partial charge in [0.1, 0.15) is 11.0 Å². The van der Waals surface area contributed by atoms with Gasteiger partial charge in [0.05, 0.1) is 0 Å². The van der Waals surface area contributed by atoms with Gasteiger partial charge in [0.25, 0.3) is 5.91 Å². The topological polar surface area (TPSA) is 57.3 Å². The number of nitrogens with zero attached hydrogens (tertiary/aromatic N) is 2. The lowest BCUT2D eigenvalue weighted by atomic mass is 10.2. The number of nitrogens with one attached hydrogen (secondary N) is 2. The van der Waals surface area contributed by atoms with Gasteiger partial charge in [0.2, 0.25) is 0 Å². The number of carbonyl (C=O) groups excluding carboxylic acids is 1. The van der Waals surface area contributed by atoms with Crippen LogP contribution in [-0.4, -0.2) is 49.5 Å². The van der Waals surface area contributed by atoms with Crippen molar-refractivity contribution in [2.75, 3.05) is 33.0 Å². The molecule has 1 unspecified atom stereocenters. The number of pyridine rings is 1. The van der Waals surface area contributed by atoms with Gasteiger partial charge in [-0.25, -0.2) is 4.98 Å². The zero-order valence-corrected chi connectivity index (χ0v) is 11.9. The lowest BCUT2D eigenvalue weighted by Crippen LogP contribution is -2.39. The smallest absolute Gasteiger partial charge is 0.251 e. The van der Waals surface area contributed by atoms with Gasteiger partial charge in [-0.1, -0.05) is 11.6 Å². The quantitative estimate of drug-likeness (QED) is 0.796.